The van der Waals surface area contributed by atoms with E-state index in [1.165, 1.54) is 22.5 Å². The van der Waals surface area contributed by atoms with Crippen LogP contribution >= 0.6 is 11.3 Å². The lowest BCUT2D eigenvalue weighted by atomic mass is 9.94. The first kappa shape index (κ1) is 17.1. The first-order chi connectivity index (χ1) is 11.5. The number of rotatable bonds is 3. The zero-order chi connectivity index (χ0) is 17.3. The summed E-state index contributed by atoms with van der Waals surface area (Å²) in [7, 11) is 0. The van der Waals surface area contributed by atoms with Crippen molar-refractivity contribution < 1.29 is 9.90 Å². The summed E-state index contributed by atoms with van der Waals surface area (Å²) < 4.78 is 0. The van der Waals surface area contributed by atoms with E-state index in [2.05, 4.69) is 44.0 Å². The molecule has 0 bridgehead atoms. The van der Waals surface area contributed by atoms with Gasteiger partial charge >= 0.3 is 0 Å². The third-order valence-electron chi connectivity index (χ3n) is 4.83. The molecular weight excluding hydrogens is 320 g/mol. The molecule has 2 atom stereocenters. The summed E-state index contributed by atoms with van der Waals surface area (Å²) in [5.41, 5.74) is 4.00. The summed E-state index contributed by atoms with van der Waals surface area (Å²) in [5.74, 6) is 0.163. The Labute approximate surface area is 147 Å². The van der Waals surface area contributed by atoms with Crippen molar-refractivity contribution in [2.24, 2.45) is 5.92 Å². The molecule has 128 valence electrons. The van der Waals surface area contributed by atoms with E-state index in [1.54, 1.807) is 0 Å². The third-order valence-corrected chi connectivity index (χ3v) is 5.71. The van der Waals surface area contributed by atoms with Gasteiger partial charge in [-0.25, -0.2) is 4.98 Å². The Bertz CT molecular complexity index is 741. The molecule has 0 saturated carbocycles. The highest BCUT2D eigenvalue weighted by Gasteiger charge is 2.30. The Morgan fingerprint density at radius 1 is 1.38 bits per heavy atom. The number of hydrogen-bond donors (Lipinski definition) is 1. The number of amides is 1. The quantitative estimate of drug-likeness (QED) is 0.924. The molecule has 1 aromatic carbocycles. The highest BCUT2D eigenvalue weighted by atomic mass is 32.1. The zero-order valence-corrected chi connectivity index (χ0v) is 15.3. The summed E-state index contributed by atoms with van der Waals surface area (Å²) in [6.07, 6.45) is 1.91. The Morgan fingerprint density at radius 3 is 2.88 bits per heavy atom. The predicted molar refractivity (Wildman–Crippen MR) is 97.3 cm³/mol. The maximum atomic E-state index is 12.8. The maximum Gasteiger partial charge on any atom is 0.273 e. The van der Waals surface area contributed by atoms with Crippen LogP contribution in [-0.4, -0.2) is 40.1 Å². The summed E-state index contributed by atoms with van der Waals surface area (Å²) >= 11 is 1.51. The van der Waals surface area contributed by atoms with Crippen molar-refractivity contribution in [1.29, 1.82) is 0 Å². The zero-order valence-electron chi connectivity index (χ0n) is 14.5. The van der Waals surface area contributed by atoms with Crippen LogP contribution in [-0.2, 0) is 0 Å². The molecule has 1 aliphatic rings. The molecule has 1 aliphatic heterocycles. The van der Waals surface area contributed by atoms with E-state index in [4.69, 9.17) is 0 Å². The minimum absolute atomic E-state index is 0.0204. The fourth-order valence-corrected chi connectivity index (χ4v) is 4.19. The van der Waals surface area contributed by atoms with Crippen molar-refractivity contribution in [1.82, 2.24) is 9.88 Å². The maximum absolute atomic E-state index is 12.8. The fourth-order valence-electron chi connectivity index (χ4n) is 3.31. The van der Waals surface area contributed by atoms with Crippen molar-refractivity contribution >= 4 is 17.2 Å². The molecule has 2 heterocycles. The lowest BCUT2D eigenvalue weighted by Gasteiger charge is -2.37. The van der Waals surface area contributed by atoms with Crippen LogP contribution in [0.15, 0.2) is 23.6 Å². The van der Waals surface area contributed by atoms with Crippen LogP contribution in [0.4, 0.5) is 0 Å². The minimum atomic E-state index is -0.0204. The minimum Gasteiger partial charge on any atom is -0.396 e. The molecule has 1 saturated heterocycles. The monoisotopic (exact) mass is 344 g/mol. The fraction of sp³-hybridized carbons (Fsp3) is 0.474. The average Bonchev–Trinajstić information content (AvgIpc) is 3.04. The Hall–Kier alpha value is -1.72. The molecule has 3 rings (SSSR count). The SMILES string of the molecule is Cc1ccc(-c2nc(C(=O)N3CC(CO)CCC3C)cs2)c(C)c1. The van der Waals surface area contributed by atoms with E-state index in [0.29, 0.717) is 12.2 Å². The largest absolute Gasteiger partial charge is 0.396 e. The van der Waals surface area contributed by atoms with Gasteiger partial charge in [-0.3, -0.25) is 4.79 Å². The number of aliphatic hydroxyl groups excluding tert-OH is 1. The number of aryl methyl sites for hydroxylation is 2. The molecule has 24 heavy (non-hydrogen) atoms. The highest BCUT2D eigenvalue weighted by Crippen LogP contribution is 2.29. The van der Waals surface area contributed by atoms with Crippen LogP contribution < -0.4 is 0 Å². The number of hydrogen-bond acceptors (Lipinski definition) is 4. The standard InChI is InChI=1S/C19H24N2O2S/c1-12-4-7-16(13(2)8-12)18-20-17(11-24-18)19(23)21-9-15(10-22)6-5-14(21)3/h4,7-8,11,14-15,22H,5-6,9-10H2,1-3H3. The molecule has 1 amide bonds. The molecule has 2 unspecified atom stereocenters. The van der Waals surface area contributed by atoms with Gasteiger partial charge in [0.25, 0.3) is 5.91 Å². The van der Waals surface area contributed by atoms with Gasteiger partial charge in [0.05, 0.1) is 0 Å². The molecule has 2 aromatic rings. The van der Waals surface area contributed by atoms with E-state index in [0.717, 1.165) is 23.4 Å². The van der Waals surface area contributed by atoms with Crippen molar-refractivity contribution in [2.75, 3.05) is 13.2 Å². The molecular formula is C19H24N2O2S. The van der Waals surface area contributed by atoms with Crippen molar-refractivity contribution in [3.05, 3.63) is 40.4 Å². The van der Waals surface area contributed by atoms with Crippen LogP contribution in [0.1, 0.15) is 41.4 Å². The second-order valence-electron chi connectivity index (χ2n) is 6.79. The summed E-state index contributed by atoms with van der Waals surface area (Å²) in [4.78, 5) is 19.3. The van der Waals surface area contributed by atoms with Crippen molar-refractivity contribution in [3.63, 3.8) is 0 Å². The average molecular weight is 344 g/mol. The topological polar surface area (TPSA) is 53.4 Å². The van der Waals surface area contributed by atoms with Gasteiger partial charge in [-0.15, -0.1) is 11.3 Å². The van der Waals surface area contributed by atoms with Gasteiger partial charge in [0.2, 0.25) is 0 Å². The van der Waals surface area contributed by atoms with Crippen LogP contribution in [0, 0.1) is 19.8 Å². The van der Waals surface area contributed by atoms with Gasteiger partial charge in [-0.1, -0.05) is 23.8 Å². The Balaban J connectivity index is 1.83. The number of thiazole rings is 1. The summed E-state index contributed by atoms with van der Waals surface area (Å²) in [6, 6.07) is 6.48. The molecule has 0 radical (unpaired) electrons. The number of likely N-dealkylation sites (tertiary alicyclic amines) is 1. The van der Waals surface area contributed by atoms with E-state index < -0.39 is 0 Å². The Kier molecular flexibility index (Phi) is 5.01. The van der Waals surface area contributed by atoms with Gasteiger partial charge in [0.15, 0.2) is 0 Å². The summed E-state index contributed by atoms with van der Waals surface area (Å²) in [6.45, 7) is 6.98. The van der Waals surface area contributed by atoms with Crippen molar-refractivity contribution in [3.8, 4) is 10.6 Å². The van der Waals surface area contributed by atoms with E-state index in [-0.39, 0.29) is 24.5 Å². The normalized spacial score (nSPS) is 21.1. The summed E-state index contributed by atoms with van der Waals surface area (Å²) in [5, 5.41) is 12.1. The first-order valence-corrected chi connectivity index (χ1v) is 9.32. The smallest absolute Gasteiger partial charge is 0.273 e. The van der Waals surface area contributed by atoms with Gasteiger partial charge in [0.1, 0.15) is 10.7 Å². The second-order valence-corrected chi connectivity index (χ2v) is 7.65. The van der Waals surface area contributed by atoms with Crippen molar-refractivity contribution in [2.45, 2.75) is 39.7 Å². The number of carbonyl (C=O) groups is 1. The number of piperidine rings is 1. The molecule has 5 heteroatoms. The van der Waals surface area contributed by atoms with Crippen LogP contribution in [0.5, 0.6) is 0 Å². The molecule has 0 aliphatic carbocycles. The van der Waals surface area contributed by atoms with Gasteiger partial charge < -0.3 is 10.0 Å². The van der Waals surface area contributed by atoms with Crippen LogP contribution in [0.25, 0.3) is 10.6 Å². The highest BCUT2D eigenvalue weighted by molar-refractivity contribution is 7.13. The molecule has 0 spiro atoms. The number of nitrogens with zero attached hydrogens (tertiary/aromatic N) is 2. The lowest BCUT2D eigenvalue weighted by Crippen LogP contribution is -2.46. The Morgan fingerprint density at radius 2 is 2.17 bits per heavy atom. The predicted octanol–water partition coefficient (Wildman–Crippen LogP) is 3.66. The van der Waals surface area contributed by atoms with Gasteiger partial charge in [-0.2, -0.15) is 0 Å². The van der Waals surface area contributed by atoms with Gasteiger partial charge in [0, 0.05) is 30.1 Å². The van der Waals surface area contributed by atoms with Gasteiger partial charge in [-0.05, 0) is 45.1 Å². The third kappa shape index (κ3) is 3.37. The van der Waals surface area contributed by atoms with E-state index >= 15 is 0 Å². The lowest BCUT2D eigenvalue weighted by molar-refractivity contribution is 0.0484. The second kappa shape index (κ2) is 7.03. The van der Waals surface area contributed by atoms with E-state index in [9.17, 15) is 9.90 Å². The first-order valence-electron chi connectivity index (χ1n) is 8.44. The van der Waals surface area contributed by atoms with E-state index in [1.807, 2.05) is 10.3 Å². The number of aliphatic hydroxyl groups is 1. The van der Waals surface area contributed by atoms with Crippen LogP contribution in [0.3, 0.4) is 0 Å². The molecule has 1 N–H and O–H groups in total. The number of carbonyl (C=O) groups excluding carboxylic acids is 1. The van der Waals surface area contributed by atoms with Crippen LogP contribution in [0.2, 0.25) is 0 Å². The molecule has 4 nitrogen and oxygen atoms in total. The molecule has 1 fully saturated rings. The number of benzene rings is 1. The number of aromatic nitrogens is 1. The molecule has 1 aromatic heterocycles.